The second kappa shape index (κ2) is 7.35. The summed E-state index contributed by atoms with van der Waals surface area (Å²) in [6.45, 7) is 6.79. The van der Waals surface area contributed by atoms with Crippen molar-refractivity contribution in [3.05, 3.63) is 22.4 Å². The van der Waals surface area contributed by atoms with Crippen LogP contribution < -0.4 is 0 Å². The van der Waals surface area contributed by atoms with E-state index in [0.29, 0.717) is 6.10 Å². The number of thiophene rings is 1. The zero-order chi connectivity index (χ0) is 14.5. The molecule has 1 saturated heterocycles. The van der Waals surface area contributed by atoms with Crippen LogP contribution in [0.5, 0.6) is 0 Å². The van der Waals surface area contributed by atoms with E-state index in [1.807, 2.05) is 4.68 Å². The van der Waals surface area contributed by atoms with Crippen LogP contribution in [0.1, 0.15) is 11.8 Å². The standard InChI is InChI=1S/C13H19N5OS2/c1-11-9-17(4-6-19-11)5-8-21-13-14-15-16-18(13)10-12-3-2-7-20-12/h2-3,7,11H,4-6,8-10H2,1H3/t11-/m0/s1. The third-order valence-electron chi connectivity index (χ3n) is 3.35. The fraction of sp³-hybridized carbons (Fsp3) is 0.615. The molecule has 8 heteroatoms. The molecule has 1 atom stereocenters. The highest BCUT2D eigenvalue weighted by atomic mass is 32.2. The van der Waals surface area contributed by atoms with Crippen molar-refractivity contribution in [3.8, 4) is 0 Å². The highest BCUT2D eigenvalue weighted by molar-refractivity contribution is 7.99. The molecule has 0 radical (unpaired) electrons. The molecule has 1 aliphatic rings. The number of ether oxygens (including phenoxy) is 1. The molecule has 114 valence electrons. The van der Waals surface area contributed by atoms with E-state index in [1.54, 1.807) is 23.1 Å². The summed E-state index contributed by atoms with van der Waals surface area (Å²) in [5, 5.41) is 15.0. The van der Waals surface area contributed by atoms with Gasteiger partial charge in [0, 0.05) is 30.3 Å². The molecule has 2 aromatic rings. The molecule has 0 aromatic carbocycles. The summed E-state index contributed by atoms with van der Waals surface area (Å²) in [5.74, 6) is 0.998. The van der Waals surface area contributed by atoms with Crippen molar-refractivity contribution in [2.75, 3.05) is 32.0 Å². The summed E-state index contributed by atoms with van der Waals surface area (Å²) >= 11 is 3.45. The Morgan fingerprint density at radius 2 is 2.48 bits per heavy atom. The van der Waals surface area contributed by atoms with Crippen molar-refractivity contribution in [2.45, 2.75) is 24.7 Å². The van der Waals surface area contributed by atoms with E-state index in [4.69, 9.17) is 4.74 Å². The number of hydrogen-bond donors (Lipinski definition) is 0. The highest BCUT2D eigenvalue weighted by Gasteiger charge is 2.16. The van der Waals surface area contributed by atoms with Crippen molar-refractivity contribution in [1.82, 2.24) is 25.1 Å². The van der Waals surface area contributed by atoms with Gasteiger partial charge in [0.2, 0.25) is 5.16 Å². The van der Waals surface area contributed by atoms with Crippen molar-refractivity contribution in [3.63, 3.8) is 0 Å². The van der Waals surface area contributed by atoms with E-state index in [-0.39, 0.29) is 0 Å². The maximum atomic E-state index is 5.55. The summed E-state index contributed by atoms with van der Waals surface area (Å²) in [7, 11) is 0. The molecular weight excluding hydrogens is 306 g/mol. The summed E-state index contributed by atoms with van der Waals surface area (Å²) in [5.41, 5.74) is 0. The molecule has 6 nitrogen and oxygen atoms in total. The maximum Gasteiger partial charge on any atom is 0.209 e. The Kier molecular flexibility index (Phi) is 5.23. The average Bonchev–Trinajstić information content (AvgIpc) is 3.12. The Morgan fingerprint density at radius 1 is 1.52 bits per heavy atom. The Bertz CT molecular complexity index is 545. The largest absolute Gasteiger partial charge is 0.376 e. The molecule has 0 aliphatic carbocycles. The molecule has 3 rings (SSSR count). The molecule has 21 heavy (non-hydrogen) atoms. The molecule has 1 fully saturated rings. The third kappa shape index (κ3) is 4.26. The molecule has 0 bridgehead atoms. The van der Waals surface area contributed by atoms with Crippen LogP contribution in [0.4, 0.5) is 0 Å². The number of thioether (sulfide) groups is 1. The van der Waals surface area contributed by atoms with Crippen molar-refractivity contribution >= 4 is 23.1 Å². The fourth-order valence-corrected chi connectivity index (χ4v) is 3.87. The quantitative estimate of drug-likeness (QED) is 0.752. The lowest BCUT2D eigenvalue weighted by molar-refractivity contribution is -0.0158. The first-order valence-corrected chi connectivity index (χ1v) is 8.93. The minimum absolute atomic E-state index is 0.341. The molecule has 3 heterocycles. The van der Waals surface area contributed by atoms with Crippen molar-refractivity contribution in [1.29, 1.82) is 0 Å². The van der Waals surface area contributed by atoms with Gasteiger partial charge in [0.05, 0.1) is 19.3 Å². The SMILES string of the molecule is C[C@H]1CN(CCSc2nnnn2Cc2cccs2)CCO1. The molecule has 1 aliphatic heterocycles. The monoisotopic (exact) mass is 325 g/mol. The van der Waals surface area contributed by atoms with Crippen LogP contribution >= 0.6 is 23.1 Å². The number of tetrazole rings is 1. The van der Waals surface area contributed by atoms with Gasteiger partial charge in [-0.05, 0) is 28.8 Å². The van der Waals surface area contributed by atoms with Crippen molar-refractivity contribution < 1.29 is 4.74 Å². The van der Waals surface area contributed by atoms with Crippen molar-refractivity contribution in [2.24, 2.45) is 0 Å². The molecule has 0 unspecified atom stereocenters. The van der Waals surface area contributed by atoms with Crippen LogP contribution in [0.15, 0.2) is 22.7 Å². The number of nitrogens with zero attached hydrogens (tertiary/aromatic N) is 5. The molecule has 2 aromatic heterocycles. The minimum atomic E-state index is 0.341. The zero-order valence-corrected chi connectivity index (χ0v) is 13.6. The molecule has 0 saturated carbocycles. The van der Waals surface area contributed by atoms with Gasteiger partial charge >= 0.3 is 0 Å². The van der Waals surface area contributed by atoms with Gasteiger partial charge in [-0.15, -0.1) is 16.4 Å². The number of aromatic nitrogens is 4. The molecular formula is C13H19N5OS2. The maximum absolute atomic E-state index is 5.55. The van der Waals surface area contributed by atoms with Gasteiger partial charge < -0.3 is 4.74 Å². The lowest BCUT2D eigenvalue weighted by Gasteiger charge is -2.30. The number of morpholine rings is 1. The van der Waals surface area contributed by atoms with Crippen LogP contribution in [0.2, 0.25) is 0 Å². The van der Waals surface area contributed by atoms with Crippen LogP contribution in [-0.4, -0.2) is 63.2 Å². The Morgan fingerprint density at radius 3 is 3.29 bits per heavy atom. The second-order valence-corrected chi connectivity index (χ2v) is 7.12. The lowest BCUT2D eigenvalue weighted by atomic mass is 10.3. The first kappa shape index (κ1) is 15.0. The summed E-state index contributed by atoms with van der Waals surface area (Å²) < 4.78 is 7.43. The number of hydrogen-bond acceptors (Lipinski definition) is 7. The third-order valence-corrected chi connectivity index (χ3v) is 5.15. The highest BCUT2D eigenvalue weighted by Crippen LogP contribution is 2.17. The van der Waals surface area contributed by atoms with Crippen LogP contribution in [0.3, 0.4) is 0 Å². The van der Waals surface area contributed by atoms with Crippen LogP contribution in [0, 0.1) is 0 Å². The van der Waals surface area contributed by atoms with Gasteiger partial charge in [0.25, 0.3) is 0 Å². The van der Waals surface area contributed by atoms with Crippen LogP contribution in [-0.2, 0) is 11.3 Å². The molecule has 0 amide bonds. The summed E-state index contributed by atoms with van der Waals surface area (Å²) in [4.78, 5) is 3.71. The average molecular weight is 325 g/mol. The first-order chi connectivity index (χ1) is 10.3. The van der Waals surface area contributed by atoms with E-state index < -0.39 is 0 Å². The second-order valence-electron chi connectivity index (χ2n) is 5.03. The number of rotatable bonds is 6. The molecule has 0 N–H and O–H groups in total. The van der Waals surface area contributed by atoms with Gasteiger partial charge in [-0.25, -0.2) is 4.68 Å². The topological polar surface area (TPSA) is 56.1 Å². The zero-order valence-electron chi connectivity index (χ0n) is 12.0. The molecule has 0 spiro atoms. The van der Waals surface area contributed by atoms with E-state index in [9.17, 15) is 0 Å². The van der Waals surface area contributed by atoms with Gasteiger partial charge in [0.1, 0.15) is 0 Å². The van der Waals surface area contributed by atoms with Gasteiger partial charge in [-0.1, -0.05) is 17.8 Å². The first-order valence-electron chi connectivity index (χ1n) is 7.06. The normalized spacial score (nSPS) is 20.0. The predicted molar refractivity (Wildman–Crippen MR) is 83.8 cm³/mol. The van der Waals surface area contributed by atoms with Crippen LogP contribution in [0.25, 0.3) is 0 Å². The van der Waals surface area contributed by atoms with E-state index in [1.165, 1.54) is 4.88 Å². The van der Waals surface area contributed by atoms with E-state index in [0.717, 1.165) is 43.7 Å². The minimum Gasteiger partial charge on any atom is -0.376 e. The van der Waals surface area contributed by atoms with Gasteiger partial charge in [-0.3, -0.25) is 4.90 Å². The summed E-state index contributed by atoms with van der Waals surface area (Å²) in [6.07, 6.45) is 0.341. The Labute approximate surface area is 132 Å². The van der Waals surface area contributed by atoms with E-state index >= 15 is 0 Å². The van der Waals surface area contributed by atoms with Gasteiger partial charge in [0.15, 0.2) is 0 Å². The Hall–Kier alpha value is -0.960. The lowest BCUT2D eigenvalue weighted by Crippen LogP contribution is -2.42. The Balaban J connectivity index is 1.48. The smallest absolute Gasteiger partial charge is 0.209 e. The summed E-state index contributed by atoms with van der Waals surface area (Å²) in [6, 6.07) is 4.16. The predicted octanol–water partition coefficient (Wildman–Crippen LogP) is 1.60. The van der Waals surface area contributed by atoms with Gasteiger partial charge in [-0.2, -0.15) is 0 Å². The van der Waals surface area contributed by atoms with E-state index in [2.05, 4.69) is 44.9 Å². The fourth-order valence-electron chi connectivity index (χ4n) is 2.31.